The molecule has 3 aromatic carbocycles. The molecule has 8 nitrogen and oxygen atoms in total. The summed E-state index contributed by atoms with van der Waals surface area (Å²) in [4.78, 5) is 45.6. The maximum Gasteiger partial charge on any atom is 0.410 e. The molecule has 234 valence electrons. The van der Waals surface area contributed by atoms with Crippen LogP contribution < -0.4 is 9.64 Å². The number of carbonyl (C=O) groups excluding carboxylic acids is 3. The van der Waals surface area contributed by atoms with Crippen molar-refractivity contribution in [1.29, 1.82) is 0 Å². The Morgan fingerprint density at radius 1 is 1.00 bits per heavy atom. The molecule has 0 bridgehead atoms. The fourth-order valence-corrected chi connectivity index (χ4v) is 5.38. The number of hydrogen-bond donors (Lipinski definition) is 0. The topological polar surface area (TPSA) is 79.4 Å². The highest BCUT2D eigenvalue weighted by Gasteiger charge is 2.40. The van der Waals surface area contributed by atoms with E-state index in [0.717, 1.165) is 0 Å². The second-order valence-electron chi connectivity index (χ2n) is 11.7. The minimum absolute atomic E-state index is 0.234. The summed E-state index contributed by atoms with van der Waals surface area (Å²) in [7, 11) is 0. The molecule has 0 N–H and O–H groups in total. The van der Waals surface area contributed by atoms with Crippen LogP contribution in [0.4, 0.5) is 14.9 Å². The summed E-state index contributed by atoms with van der Waals surface area (Å²) in [6.45, 7) is 9.94. The first kappa shape index (κ1) is 32.8. The molecule has 3 aromatic rings. The second kappa shape index (κ2) is 14.1. The predicted molar refractivity (Wildman–Crippen MR) is 169 cm³/mol. The van der Waals surface area contributed by atoms with Gasteiger partial charge < -0.3 is 19.3 Å². The number of ether oxygens (including phenoxy) is 2. The van der Waals surface area contributed by atoms with Crippen molar-refractivity contribution in [2.75, 3.05) is 30.4 Å². The molecular formula is C34H39ClFN3O5. The average molecular weight is 624 g/mol. The van der Waals surface area contributed by atoms with Crippen molar-refractivity contribution in [3.63, 3.8) is 0 Å². The third kappa shape index (κ3) is 7.88. The van der Waals surface area contributed by atoms with Crippen molar-refractivity contribution in [2.24, 2.45) is 0 Å². The number of hydrogen-bond acceptors (Lipinski definition) is 5. The predicted octanol–water partition coefficient (Wildman–Crippen LogP) is 7.10. The summed E-state index contributed by atoms with van der Waals surface area (Å²) >= 11 is 6.13. The van der Waals surface area contributed by atoms with Crippen molar-refractivity contribution in [2.45, 2.75) is 58.7 Å². The lowest BCUT2D eigenvalue weighted by Crippen LogP contribution is -2.59. The van der Waals surface area contributed by atoms with E-state index in [1.165, 1.54) is 29.2 Å². The number of benzene rings is 3. The van der Waals surface area contributed by atoms with Crippen LogP contribution in [0.1, 0.15) is 51.3 Å². The summed E-state index contributed by atoms with van der Waals surface area (Å²) in [5.74, 6) is -0.481. The standard InChI is InChI=1S/C34H39ClFN3O5/c1-6-26-22-37(18-19-38(26)33(42)44-34(3,4)5)32(41)31(24-12-14-25(36)15-13-24)39(30(40)21-35)29-17-16-28(20-23(29)2)43-27-10-8-7-9-11-27/h7-17,20,26,31H,6,18-19,21-22H2,1-5H3/t26-,31-/m0/s1. The summed E-state index contributed by atoms with van der Waals surface area (Å²) in [5, 5.41) is 0. The maximum absolute atomic E-state index is 14.4. The van der Waals surface area contributed by atoms with Crippen molar-refractivity contribution >= 4 is 35.2 Å². The number of halogens is 2. The van der Waals surface area contributed by atoms with Gasteiger partial charge in [0.05, 0.1) is 6.04 Å². The molecule has 4 rings (SSSR count). The number of nitrogens with zero attached hydrogens (tertiary/aromatic N) is 3. The van der Waals surface area contributed by atoms with Crippen molar-refractivity contribution < 1.29 is 28.2 Å². The van der Waals surface area contributed by atoms with E-state index < -0.39 is 29.5 Å². The molecule has 0 aliphatic carbocycles. The molecule has 1 aliphatic heterocycles. The third-order valence-electron chi connectivity index (χ3n) is 7.36. The van der Waals surface area contributed by atoms with Crippen LogP contribution in [0.2, 0.25) is 0 Å². The first-order valence-electron chi connectivity index (χ1n) is 14.7. The lowest BCUT2D eigenvalue weighted by atomic mass is 9.99. The van der Waals surface area contributed by atoms with Crippen LogP contribution in [0.15, 0.2) is 72.8 Å². The second-order valence-corrected chi connectivity index (χ2v) is 12.0. The Labute approximate surface area is 263 Å². The molecule has 0 spiro atoms. The summed E-state index contributed by atoms with van der Waals surface area (Å²) in [5.41, 5.74) is 0.926. The molecule has 0 saturated carbocycles. The fourth-order valence-electron chi connectivity index (χ4n) is 5.25. The first-order valence-corrected chi connectivity index (χ1v) is 15.2. The van der Waals surface area contributed by atoms with E-state index in [2.05, 4.69) is 0 Å². The molecular weight excluding hydrogens is 585 g/mol. The molecule has 1 aliphatic rings. The Kier molecular flexibility index (Phi) is 10.5. The van der Waals surface area contributed by atoms with Gasteiger partial charge in [0.1, 0.15) is 34.8 Å². The van der Waals surface area contributed by atoms with Gasteiger partial charge in [0.15, 0.2) is 0 Å². The zero-order valence-electron chi connectivity index (χ0n) is 25.8. The molecule has 0 aromatic heterocycles. The molecule has 1 heterocycles. The van der Waals surface area contributed by atoms with Crippen molar-refractivity contribution in [3.05, 3.63) is 89.7 Å². The third-order valence-corrected chi connectivity index (χ3v) is 7.59. The van der Waals surface area contributed by atoms with Crippen LogP contribution in [0.3, 0.4) is 0 Å². The monoisotopic (exact) mass is 623 g/mol. The van der Waals surface area contributed by atoms with Gasteiger partial charge in [0, 0.05) is 25.3 Å². The Hall–Kier alpha value is -4.11. The van der Waals surface area contributed by atoms with Gasteiger partial charge in [-0.15, -0.1) is 11.6 Å². The number of anilines is 1. The van der Waals surface area contributed by atoms with Crippen LogP contribution in [0, 0.1) is 12.7 Å². The van der Waals surface area contributed by atoms with Gasteiger partial charge in [-0.05, 0) is 87.7 Å². The Bertz CT molecular complexity index is 1460. The average Bonchev–Trinajstić information content (AvgIpc) is 2.99. The highest BCUT2D eigenvalue weighted by atomic mass is 35.5. The Morgan fingerprint density at radius 3 is 2.27 bits per heavy atom. The van der Waals surface area contributed by atoms with E-state index in [1.807, 2.05) is 65.0 Å². The van der Waals surface area contributed by atoms with E-state index >= 15 is 0 Å². The lowest BCUT2D eigenvalue weighted by molar-refractivity contribution is -0.137. The molecule has 0 radical (unpaired) electrons. The number of carbonyl (C=O) groups is 3. The van der Waals surface area contributed by atoms with E-state index in [1.54, 1.807) is 28.0 Å². The van der Waals surface area contributed by atoms with E-state index in [0.29, 0.717) is 34.7 Å². The quantitative estimate of drug-likeness (QED) is 0.250. The molecule has 1 saturated heterocycles. The molecule has 0 unspecified atom stereocenters. The Morgan fingerprint density at radius 2 is 1.68 bits per heavy atom. The van der Waals surface area contributed by atoms with Gasteiger partial charge in [0.2, 0.25) is 5.91 Å². The summed E-state index contributed by atoms with van der Waals surface area (Å²) in [6, 6.07) is 18.6. The molecule has 1 fully saturated rings. The SMILES string of the molecule is CC[C@H]1CN(C(=O)[C@H](c2ccc(F)cc2)N(C(=O)CCl)c2ccc(Oc3ccccc3)cc2C)CCN1C(=O)OC(C)(C)C. The van der Waals surface area contributed by atoms with Crippen LogP contribution in [0.25, 0.3) is 0 Å². The maximum atomic E-state index is 14.4. The van der Waals surface area contributed by atoms with Crippen LogP contribution in [-0.4, -0.2) is 64.9 Å². The highest BCUT2D eigenvalue weighted by Crippen LogP contribution is 2.35. The largest absolute Gasteiger partial charge is 0.457 e. The van der Waals surface area contributed by atoms with E-state index in [-0.39, 0.29) is 37.5 Å². The minimum atomic E-state index is -1.13. The highest BCUT2D eigenvalue weighted by molar-refractivity contribution is 6.30. The van der Waals surface area contributed by atoms with Gasteiger partial charge in [-0.25, -0.2) is 9.18 Å². The van der Waals surface area contributed by atoms with Crippen LogP contribution >= 0.6 is 11.6 Å². The lowest BCUT2D eigenvalue weighted by Gasteiger charge is -2.43. The normalized spacial score (nSPS) is 15.8. The number of piperazine rings is 1. The zero-order chi connectivity index (χ0) is 32.0. The number of alkyl halides is 1. The number of rotatable bonds is 8. The van der Waals surface area contributed by atoms with Gasteiger partial charge in [-0.3, -0.25) is 14.5 Å². The van der Waals surface area contributed by atoms with E-state index in [4.69, 9.17) is 21.1 Å². The molecule has 3 amide bonds. The smallest absolute Gasteiger partial charge is 0.410 e. The fraction of sp³-hybridized carbons (Fsp3) is 0.382. The number of aryl methyl sites for hydroxylation is 1. The van der Waals surface area contributed by atoms with Gasteiger partial charge in [-0.1, -0.05) is 37.3 Å². The first-order chi connectivity index (χ1) is 20.9. The summed E-state index contributed by atoms with van der Waals surface area (Å²) in [6.07, 6.45) is 0.162. The number of amides is 3. The van der Waals surface area contributed by atoms with Gasteiger partial charge >= 0.3 is 6.09 Å². The Balaban J connectivity index is 1.69. The number of para-hydroxylation sites is 1. The zero-order valence-corrected chi connectivity index (χ0v) is 26.5. The van der Waals surface area contributed by atoms with Crippen molar-refractivity contribution in [1.82, 2.24) is 9.80 Å². The summed E-state index contributed by atoms with van der Waals surface area (Å²) < 4.78 is 25.6. The molecule has 2 atom stereocenters. The molecule has 10 heteroatoms. The van der Waals surface area contributed by atoms with Crippen LogP contribution in [0.5, 0.6) is 11.5 Å². The van der Waals surface area contributed by atoms with Gasteiger partial charge in [0.25, 0.3) is 5.91 Å². The van der Waals surface area contributed by atoms with Crippen LogP contribution in [-0.2, 0) is 14.3 Å². The minimum Gasteiger partial charge on any atom is -0.457 e. The van der Waals surface area contributed by atoms with Crippen molar-refractivity contribution in [3.8, 4) is 11.5 Å². The van der Waals surface area contributed by atoms with Gasteiger partial charge in [-0.2, -0.15) is 0 Å². The molecule has 44 heavy (non-hydrogen) atoms. The van der Waals surface area contributed by atoms with E-state index in [9.17, 15) is 18.8 Å².